The molecule has 1 fully saturated rings. The molecule has 1 amide bonds. The molecule has 184 valence electrons. The minimum atomic E-state index is -0.208. The van der Waals surface area contributed by atoms with Crippen molar-refractivity contribution in [2.45, 2.75) is 38.5 Å². The lowest BCUT2D eigenvalue weighted by Crippen LogP contribution is -2.22. The van der Waals surface area contributed by atoms with Crippen molar-refractivity contribution in [1.29, 1.82) is 0 Å². The predicted molar refractivity (Wildman–Crippen MR) is 136 cm³/mol. The number of nitrogens with zero attached hydrogens (tertiary/aromatic N) is 1. The maximum absolute atomic E-state index is 12.5. The Morgan fingerprint density at radius 2 is 1.86 bits per heavy atom. The van der Waals surface area contributed by atoms with Crippen molar-refractivity contribution in [2.75, 3.05) is 12.4 Å². The number of anilines is 1. The molecule has 1 aliphatic rings. The molecule has 1 aliphatic carbocycles. The van der Waals surface area contributed by atoms with E-state index in [2.05, 4.69) is 10.3 Å². The molecule has 2 N–H and O–H groups in total. The number of aromatic nitrogens is 1. The molecule has 0 radical (unpaired) electrons. The number of benzene rings is 2. The number of phenolic OH excluding ortho intramolecular Hbond substituents is 1. The molecule has 0 aliphatic heterocycles. The van der Waals surface area contributed by atoms with Gasteiger partial charge in [0.25, 0.3) is 0 Å². The molecule has 7 nitrogen and oxygen atoms in total. The molecular formula is C27H29ClN2O5. The molecule has 0 bridgehead atoms. The van der Waals surface area contributed by atoms with Crippen molar-refractivity contribution in [3.8, 4) is 28.5 Å². The first-order chi connectivity index (χ1) is 16.5. The van der Waals surface area contributed by atoms with Gasteiger partial charge in [-0.2, -0.15) is 0 Å². The van der Waals surface area contributed by atoms with Gasteiger partial charge in [-0.05, 0) is 54.8 Å². The van der Waals surface area contributed by atoms with Crippen LogP contribution in [0.1, 0.15) is 37.7 Å². The number of hydrogen-bond acceptors (Lipinski definition) is 6. The number of esters is 1. The molecule has 0 spiro atoms. The number of rotatable bonds is 7. The molecule has 2 aromatic carbocycles. The van der Waals surface area contributed by atoms with Gasteiger partial charge < -0.3 is 19.9 Å². The highest BCUT2D eigenvalue weighted by atomic mass is 35.5. The van der Waals surface area contributed by atoms with Crippen LogP contribution in [-0.4, -0.2) is 29.1 Å². The van der Waals surface area contributed by atoms with Crippen LogP contribution in [0, 0.1) is 5.92 Å². The first-order valence-corrected chi connectivity index (χ1v) is 11.5. The molecule has 8 heteroatoms. The van der Waals surface area contributed by atoms with Gasteiger partial charge in [-0.3, -0.25) is 14.6 Å². The summed E-state index contributed by atoms with van der Waals surface area (Å²) < 4.78 is 10.7. The molecule has 35 heavy (non-hydrogen) atoms. The average Bonchev–Trinajstić information content (AvgIpc) is 2.86. The summed E-state index contributed by atoms with van der Waals surface area (Å²) in [6.07, 6.45) is 6.85. The third-order valence-corrected chi connectivity index (χ3v) is 5.94. The molecule has 3 aromatic rings. The quantitative estimate of drug-likeness (QED) is 0.328. The topological polar surface area (TPSA) is 97.8 Å². The van der Waals surface area contributed by atoms with E-state index in [1.54, 1.807) is 42.6 Å². The third-order valence-electron chi connectivity index (χ3n) is 5.94. The number of phenols is 1. The second-order valence-electron chi connectivity index (χ2n) is 8.44. The van der Waals surface area contributed by atoms with Crippen LogP contribution in [0.2, 0.25) is 0 Å². The Hall–Kier alpha value is -3.58. The lowest BCUT2D eigenvalue weighted by Gasteiger charge is -2.19. The van der Waals surface area contributed by atoms with E-state index in [1.807, 2.05) is 12.1 Å². The highest BCUT2D eigenvalue weighted by Gasteiger charge is 2.23. The Balaban J connectivity index is 0.00000342. The number of nitrogens with one attached hydrogen (secondary N) is 1. The maximum Gasteiger partial charge on any atom is 0.314 e. The predicted octanol–water partition coefficient (Wildman–Crippen LogP) is 5.55. The third kappa shape index (κ3) is 6.96. The lowest BCUT2D eigenvalue weighted by molar-refractivity contribution is -0.140. The summed E-state index contributed by atoms with van der Waals surface area (Å²) in [6, 6.07) is 15.6. The van der Waals surface area contributed by atoms with E-state index in [-0.39, 0.29) is 42.4 Å². The minimum absolute atomic E-state index is 0. The highest BCUT2D eigenvalue weighted by molar-refractivity contribution is 5.92. The van der Waals surface area contributed by atoms with Gasteiger partial charge in [0.05, 0.1) is 25.1 Å². The molecule has 1 heterocycles. The zero-order chi connectivity index (χ0) is 23.9. The first-order valence-electron chi connectivity index (χ1n) is 11.5. The molecule has 0 atom stereocenters. The van der Waals surface area contributed by atoms with Crippen LogP contribution in [0.4, 0.5) is 5.69 Å². The Kier molecular flexibility index (Phi) is 9.09. The second kappa shape index (κ2) is 12.2. The molecule has 4 rings (SSSR count). The molecule has 0 unspecified atom stereocenters. The van der Waals surface area contributed by atoms with Crippen molar-refractivity contribution in [1.82, 2.24) is 4.98 Å². The van der Waals surface area contributed by atoms with E-state index in [1.165, 1.54) is 19.6 Å². The van der Waals surface area contributed by atoms with Gasteiger partial charge in [0.1, 0.15) is 5.75 Å². The second-order valence-corrected chi connectivity index (χ2v) is 8.44. The van der Waals surface area contributed by atoms with Crippen molar-refractivity contribution < 1.29 is 24.2 Å². The summed E-state index contributed by atoms with van der Waals surface area (Å²) in [7, 11) is 1.46. The summed E-state index contributed by atoms with van der Waals surface area (Å²) in [4.78, 5) is 29.4. The van der Waals surface area contributed by atoms with Crippen LogP contribution in [0.3, 0.4) is 0 Å². The van der Waals surface area contributed by atoms with Crippen molar-refractivity contribution in [3.05, 3.63) is 66.4 Å². The Bertz CT molecular complexity index is 1180. The number of halogens is 1. The lowest BCUT2D eigenvalue weighted by atomic mass is 9.89. The fourth-order valence-electron chi connectivity index (χ4n) is 4.15. The normalized spacial score (nSPS) is 13.4. The number of carbonyl (C=O) groups excluding carboxylic acids is 2. The fraction of sp³-hybridized carbons (Fsp3) is 0.296. The maximum atomic E-state index is 12.5. The number of hydrogen-bond donors (Lipinski definition) is 2. The van der Waals surface area contributed by atoms with Gasteiger partial charge in [0.15, 0.2) is 11.5 Å². The first kappa shape index (κ1) is 26.0. The highest BCUT2D eigenvalue weighted by Crippen LogP contribution is 2.29. The van der Waals surface area contributed by atoms with Gasteiger partial charge in [0.2, 0.25) is 5.91 Å². The summed E-state index contributed by atoms with van der Waals surface area (Å²) in [5.41, 5.74) is 2.76. The van der Waals surface area contributed by atoms with E-state index in [0.717, 1.165) is 31.2 Å². The van der Waals surface area contributed by atoms with E-state index >= 15 is 0 Å². The fourth-order valence-corrected chi connectivity index (χ4v) is 4.15. The largest absolute Gasteiger partial charge is 0.504 e. The SMILES string of the molecule is COc1cc(CC(=O)Nc2ccnc(-c3cccc(OC(=O)C4CCCCC4)c3)c2)ccc1O.Cl. The smallest absolute Gasteiger partial charge is 0.314 e. The zero-order valence-electron chi connectivity index (χ0n) is 19.5. The summed E-state index contributed by atoms with van der Waals surface area (Å²) in [6.45, 7) is 0. The summed E-state index contributed by atoms with van der Waals surface area (Å²) >= 11 is 0. The number of pyridine rings is 1. The van der Waals surface area contributed by atoms with E-state index in [4.69, 9.17) is 9.47 Å². The van der Waals surface area contributed by atoms with Crippen LogP contribution in [0.5, 0.6) is 17.2 Å². The van der Waals surface area contributed by atoms with Crippen LogP contribution in [0.15, 0.2) is 60.8 Å². The van der Waals surface area contributed by atoms with Crippen LogP contribution < -0.4 is 14.8 Å². The Morgan fingerprint density at radius 1 is 1.06 bits per heavy atom. The number of carbonyl (C=O) groups is 2. The van der Waals surface area contributed by atoms with Crippen LogP contribution in [-0.2, 0) is 16.0 Å². The van der Waals surface area contributed by atoms with Crippen LogP contribution in [0.25, 0.3) is 11.3 Å². The molecule has 1 saturated carbocycles. The summed E-state index contributed by atoms with van der Waals surface area (Å²) in [5.74, 6) is 0.433. The Morgan fingerprint density at radius 3 is 2.63 bits per heavy atom. The van der Waals surface area contributed by atoms with Crippen LogP contribution >= 0.6 is 12.4 Å². The summed E-state index contributed by atoms with van der Waals surface area (Å²) in [5, 5.41) is 12.6. The van der Waals surface area contributed by atoms with Gasteiger partial charge in [-0.15, -0.1) is 12.4 Å². The molecule has 1 aromatic heterocycles. The van der Waals surface area contributed by atoms with Gasteiger partial charge >= 0.3 is 5.97 Å². The van der Waals surface area contributed by atoms with Crippen molar-refractivity contribution in [2.24, 2.45) is 5.92 Å². The number of aromatic hydroxyl groups is 1. The Labute approximate surface area is 210 Å². The van der Waals surface area contributed by atoms with E-state index in [9.17, 15) is 14.7 Å². The standard InChI is InChI=1S/C27H28N2O5.ClH/c1-33-25-14-18(10-11-24(25)30)15-26(31)29-21-12-13-28-23(17-21)20-8-5-9-22(16-20)34-27(32)19-6-3-2-4-7-19;/h5,8-14,16-17,19,30H,2-4,6-7,15H2,1H3,(H,28,29,31);1H. The van der Waals surface area contributed by atoms with E-state index in [0.29, 0.717) is 28.4 Å². The number of ether oxygens (including phenoxy) is 2. The minimum Gasteiger partial charge on any atom is -0.504 e. The van der Waals surface area contributed by atoms with Gasteiger partial charge in [-0.25, -0.2) is 0 Å². The zero-order valence-corrected chi connectivity index (χ0v) is 20.3. The van der Waals surface area contributed by atoms with E-state index < -0.39 is 0 Å². The number of amides is 1. The average molecular weight is 497 g/mol. The number of methoxy groups -OCH3 is 1. The van der Waals surface area contributed by atoms with Crippen molar-refractivity contribution >= 4 is 30.0 Å². The van der Waals surface area contributed by atoms with Gasteiger partial charge in [-0.1, -0.05) is 37.5 Å². The monoisotopic (exact) mass is 496 g/mol. The van der Waals surface area contributed by atoms with Crippen molar-refractivity contribution in [3.63, 3.8) is 0 Å². The molecule has 0 saturated heterocycles. The van der Waals surface area contributed by atoms with Gasteiger partial charge in [0, 0.05) is 17.4 Å². The molecular weight excluding hydrogens is 468 g/mol.